The van der Waals surface area contributed by atoms with Crippen LogP contribution in [-0.4, -0.2) is 37.6 Å². The number of nitrogens with zero attached hydrogens (tertiary/aromatic N) is 4. The van der Waals surface area contributed by atoms with Crippen LogP contribution < -0.4 is 10.1 Å². The second-order valence-corrected chi connectivity index (χ2v) is 4.80. The van der Waals surface area contributed by atoms with Gasteiger partial charge in [0, 0.05) is 11.6 Å². The van der Waals surface area contributed by atoms with Crippen molar-refractivity contribution in [2.24, 2.45) is 0 Å². The van der Waals surface area contributed by atoms with Gasteiger partial charge in [-0.3, -0.25) is 4.98 Å². The van der Waals surface area contributed by atoms with E-state index in [1.807, 2.05) is 0 Å². The van der Waals surface area contributed by atoms with Crippen molar-refractivity contribution in [1.82, 2.24) is 25.1 Å². The highest BCUT2D eigenvalue weighted by molar-refractivity contribution is 5.78. The lowest BCUT2D eigenvalue weighted by Gasteiger charge is -2.05. The van der Waals surface area contributed by atoms with Crippen LogP contribution in [-0.2, 0) is 6.54 Å². The van der Waals surface area contributed by atoms with E-state index in [1.54, 1.807) is 12.1 Å². The number of fused-ring (bicyclic) bond motifs is 1. The van der Waals surface area contributed by atoms with Crippen molar-refractivity contribution in [1.29, 1.82) is 0 Å². The molecule has 0 saturated heterocycles. The standard InChI is InChI=1S/C14H10F3N5O3/c15-9-6-22(21-12(9)25-13(16)17)11-2-1-7-4-18-8(3-10(7)20-11)5-19-14(23)24/h1-4,6,13,19H,5H2,(H,23,24). The molecule has 2 N–H and O–H groups in total. The molecule has 0 bridgehead atoms. The van der Waals surface area contributed by atoms with Crippen LogP contribution in [0, 0.1) is 5.82 Å². The van der Waals surface area contributed by atoms with Crippen molar-refractivity contribution in [3.8, 4) is 11.7 Å². The van der Waals surface area contributed by atoms with E-state index >= 15 is 0 Å². The average molecular weight is 353 g/mol. The van der Waals surface area contributed by atoms with Crippen LogP contribution in [0.25, 0.3) is 16.7 Å². The highest BCUT2D eigenvalue weighted by Gasteiger charge is 2.16. The molecule has 1 amide bonds. The largest absolute Gasteiger partial charge is 0.465 e. The Kier molecular flexibility index (Phi) is 4.37. The summed E-state index contributed by atoms with van der Waals surface area (Å²) >= 11 is 0. The van der Waals surface area contributed by atoms with Crippen LogP contribution in [0.2, 0.25) is 0 Å². The molecule has 8 nitrogen and oxygen atoms in total. The molecule has 0 radical (unpaired) electrons. The number of carboxylic acid groups (broad SMARTS) is 1. The van der Waals surface area contributed by atoms with Gasteiger partial charge in [0.05, 0.1) is 24.0 Å². The van der Waals surface area contributed by atoms with Crippen molar-refractivity contribution >= 4 is 17.0 Å². The minimum absolute atomic E-state index is 0.0139. The van der Waals surface area contributed by atoms with Crippen molar-refractivity contribution in [3.05, 3.63) is 42.1 Å². The van der Waals surface area contributed by atoms with E-state index in [4.69, 9.17) is 5.11 Å². The van der Waals surface area contributed by atoms with Crippen LogP contribution in [0.15, 0.2) is 30.6 Å². The first kappa shape index (κ1) is 16.5. The predicted molar refractivity (Wildman–Crippen MR) is 78.1 cm³/mol. The molecule has 0 unspecified atom stereocenters. The number of hydrogen-bond donors (Lipinski definition) is 2. The Hall–Kier alpha value is -3.37. The van der Waals surface area contributed by atoms with E-state index in [-0.39, 0.29) is 12.4 Å². The second-order valence-electron chi connectivity index (χ2n) is 4.80. The summed E-state index contributed by atoms with van der Waals surface area (Å²) in [5.41, 5.74) is 0.870. The van der Waals surface area contributed by atoms with Gasteiger partial charge in [-0.05, 0) is 18.2 Å². The van der Waals surface area contributed by atoms with Crippen molar-refractivity contribution < 1.29 is 27.8 Å². The molecule has 3 heterocycles. The summed E-state index contributed by atoms with van der Waals surface area (Å²) in [5, 5.41) is 15.0. The normalized spacial score (nSPS) is 11.0. The predicted octanol–water partition coefficient (Wildman–Crippen LogP) is 2.32. The average Bonchev–Trinajstić information content (AvgIpc) is 2.92. The number of carbonyl (C=O) groups is 1. The van der Waals surface area contributed by atoms with E-state index < -0.39 is 24.4 Å². The van der Waals surface area contributed by atoms with Gasteiger partial charge in [0.2, 0.25) is 5.82 Å². The number of halogens is 3. The molecule has 0 saturated carbocycles. The summed E-state index contributed by atoms with van der Waals surface area (Å²) in [6.07, 6.45) is 1.17. The molecule has 3 aromatic heterocycles. The number of hydrogen-bond acceptors (Lipinski definition) is 5. The van der Waals surface area contributed by atoms with E-state index in [1.165, 1.54) is 12.3 Å². The number of aromatic nitrogens is 4. The quantitative estimate of drug-likeness (QED) is 0.730. The maximum absolute atomic E-state index is 13.6. The van der Waals surface area contributed by atoms with Crippen LogP contribution in [0.3, 0.4) is 0 Å². The molecule has 0 spiro atoms. The summed E-state index contributed by atoms with van der Waals surface area (Å²) in [6, 6.07) is 4.68. The van der Waals surface area contributed by atoms with Crippen molar-refractivity contribution in [3.63, 3.8) is 0 Å². The van der Waals surface area contributed by atoms with Gasteiger partial charge in [0.1, 0.15) is 0 Å². The lowest BCUT2D eigenvalue weighted by molar-refractivity contribution is -0.0553. The van der Waals surface area contributed by atoms with Gasteiger partial charge in [0.15, 0.2) is 5.82 Å². The topological polar surface area (TPSA) is 102 Å². The summed E-state index contributed by atoms with van der Waals surface area (Å²) in [4.78, 5) is 18.8. The Balaban J connectivity index is 1.93. The Morgan fingerprint density at radius 3 is 2.92 bits per heavy atom. The fourth-order valence-electron chi connectivity index (χ4n) is 2.06. The van der Waals surface area contributed by atoms with Crippen molar-refractivity contribution in [2.75, 3.05) is 0 Å². The van der Waals surface area contributed by atoms with Crippen LogP contribution >= 0.6 is 0 Å². The third-order valence-corrected chi connectivity index (χ3v) is 3.11. The summed E-state index contributed by atoms with van der Waals surface area (Å²) in [7, 11) is 0. The number of amides is 1. The van der Waals surface area contributed by atoms with Gasteiger partial charge in [0.25, 0.3) is 5.88 Å². The third kappa shape index (κ3) is 3.76. The SMILES string of the molecule is O=C(O)NCc1cc2nc(-n3cc(F)c(OC(F)F)n3)ccc2cn1. The van der Waals surface area contributed by atoms with Crippen LogP contribution in [0.1, 0.15) is 5.69 Å². The lowest BCUT2D eigenvalue weighted by atomic mass is 10.2. The molecular formula is C14H10F3N5O3. The van der Waals surface area contributed by atoms with Gasteiger partial charge >= 0.3 is 12.7 Å². The van der Waals surface area contributed by atoms with E-state index in [0.29, 0.717) is 16.6 Å². The zero-order chi connectivity index (χ0) is 18.0. The molecule has 3 rings (SSSR count). The molecule has 25 heavy (non-hydrogen) atoms. The number of alkyl halides is 2. The first-order valence-electron chi connectivity index (χ1n) is 6.85. The minimum atomic E-state index is -3.20. The highest BCUT2D eigenvalue weighted by atomic mass is 19.3. The third-order valence-electron chi connectivity index (χ3n) is 3.11. The number of rotatable bonds is 5. The van der Waals surface area contributed by atoms with E-state index in [2.05, 4.69) is 25.1 Å². The fraction of sp³-hybridized carbons (Fsp3) is 0.143. The highest BCUT2D eigenvalue weighted by Crippen LogP contribution is 2.20. The number of ether oxygens (including phenoxy) is 1. The van der Waals surface area contributed by atoms with Gasteiger partial charge in [-0.15, -0.1) is 5.10 Å². The smallest absolute Gasteiger partial charge is 0.404 e. The molecule has 3 aromatic rings. The molecular weight excluding hydrogens is 343 g/mol. The monoisotopic (exact) mass is 353 g/mol. The Labute approximate surface area is 137 Å². The first-order chi connectivity index (χ1) is 11.9. The van der Waals surface area contributed by atoms with Gasteiger partial charge in [-0.25, -0.2) is 14.5 Å². The molecule has 0 atom stereocenters. The number of nitrogens with one attached hydrogen (secondary N) is 1. The van der Waals surface area contributed by atoms with Crippen molar-refractivity contribution in [2.45, 2.75) is 13.2 Å². The van der Waals surface area contributed by atoms with Gasteiger partial charge in [-0.1, -0.05) is 0 Å². The number of pyridine rings is 2. The van der Waals surface area contributed by atoms with E-state index in [0.717, 1.165) is 10.9 Å². The molecule has 0 aliphatic rings. The first-order valence-corrected chi connectivity index (χ1v) is 6.85. The molecule has 0 aliphatic carbocycles. The summed E-state index contributed by atoms with van der Waals surface area (Å²) in [6.45, 7) is -3.21. The van der Waals surface area contributed by atoms with Gasteiger partial charge in [-0.2, -0.15) is 13.2 Å². The molecule has 0 aliphatic heterocycles. The summed E-state index contributed by atoms with van der Waals surface area (Å²) < 4.78 is 42.9. The van der Waals surface area contributed by atoms with Crippen LogP contribution in [0.5, 0.6) is 5.88 Å². The maximum Gasteiger partial charge on any atom is 0.404 e. The lowest BCUT2D eigenvalue weighted by Crippen LogP contribution is -2.20. The zero-order valence-electron chi connectivity index (χ0n) is 12.4. The molecule has 0 aromatic carbocycles. The molecule has 0 fully saturated rings. The molecule has 11 heteroatoms. The second kappa shape index (κ2) is 6.63. The Morgan fingerprint density at radius 1 is 1.40 bits per heavy atom. The van der Waals surface area contributed by atoms with Crippen LogP contribution in [0.4, 0.5) is 18.0 Å². The molecule has 130 valence electrons. The Morgan fingerprint density at radius 2 is 2.20 bits per heavy atom. The summed E-state index contributed by atoms with van der Waals surface area (Å²) in [5.74, 6) is -1.72. The Bertz CT molecular complexity index is 931. The fourth-order valence-corrected chi connectivity index (χ4v) is 2.06. The van der Waals surface area contributed by atoms with E-state index in [9.17, 15) is 18.0 Å². The minimum Gasteiger partial charge on any atom is -0.465 e. The maximum atomic E-state index is 13.6. The van der Waals surface area contributed by atoms with Gasteiger partial charge < -0.3 is 15.2 Å². The zero-order valence-corrected chi connectivity index (χ0v) is 12.4.